The number of rotatable bonds is 7. The first-order chi connectivity index (χ1) is 21.9. The number of ether oxygens (including phenoxy) is 1. The fourth-order valence-corrected chi connectivity index (χ4v) is 6.76. The zero-order valence-corrected chi connectivity index (χ0v) is 24.9. The molecular formula is C33H26F2N6O3S. The highest BCUT2D eigenvalue weighted by Gasteiger charge is 2.30. The Morgan fingerprint density at radius 3 is 2.73 bits per heavy atom. The van der Waals surface area contributed by atoms with Crippen molar-refractivity contribution in [3.05, 3.63) is 90.2 Å². The Morgan fingerprint density at radius 2 is 1.93 bits per heavy atom. The Bertz CT molecular complexity index is 2130. The predicted octanol–water partition coefficient (Wildman–Crippen LogP) is 6.00. The first-order valence-corrected chi connectivity index (χ1v) is 15.1. The van der Waals surface area contributed by atoms with Crippen LogP contribution < -0.4 is 4.74 Å². The van der Waals surface area contributed by atoms with Gasteiger partial charge in [-0.1, -0.05) is 18.7 Å². The number of nitrogens with zero attached hydrogens (tertiary/aromatic N) is 6. The van der Waals surface area contributed by atoms with Gasteiger partial charge in [-0.2, -0.15) is 15.3 Å². The van der Waals surface area contributed by atoms with Crippen molar-refractivity contribution in [3.63, 3.8) is 0 Å². The second-order valence-corrected chi connectivity index (χ2v) is 11.7. The molecule has 12 heteroatoms. The van der Waals surface area contributed by atoms with E-state index in [2.05, 4.69) is 16.8 Å². The Kier molecular flexibility index (Phi) is 7.30. The summed E-state index contributed by atoms with van der Waals surface area (Å²) in [6.07, 6.45) is 4.66. The van der Waals surface area contributed by atoms with Crippen molar-refractivity contribution in [1.29, 1.82) is 0 Å². The topological polar surface area (TPSA) is 106 Å². The van der Waals surface area contributed by atoms with Crippen molar-refractivity contribution >= 4 is 38.1 Å². The summed E-state index contributed by atoms with van der Waals surface area (Å²) in [5.74, 6) is -1.89. The summed E-state index contributed by atoms with van der Waals surface area (Å²) >= 11 is 1.39. The van der Waals surface area contributed by atoms with E-state index < -0.39 is 11.6 Å². The van der Waals surface area contributed by atoms with E-state index in [1.165, 1.54) is 17.4 Å². The van der Waals surface area contributed by atoms with E-state index in [1.54, 1.807) is 17.3 Å². The first-order valence-electron chi connectivity index (χ1n) is 14.2. The molecule has 0 spiro atoms. The predicted molar refractivity (Wildman–Crippen MR) is 168 cm³/mol. The summed E-state index contributed by atoms with van der Waals surface area (Å²) in [6, 6.07) is 11.4. The second kappa shape index (κ2) is 11.5. The number of thiophene rings is 1. The zero-order chi connectivity index (χ0) is 31.2. The monoisotopic (exact) mass is 624 g/mol. The van der Waals surface area contributed by atoms with E-state index in [-0.39, 0.29) is 36.5 Å². The second-order valence-electron chi connectivity index (χ2n) is 10.7. The van der Waals surface area contributed by atoms with E-state index in [4.69, 9.17) is 14.8 Å². The number of hydrogen-bond donors (Lipinski definition) is 1. The molecule has 1 atom stereocenters. The van der Waals surface area contributed by atoms with Gasteiger partial charge in [0.1, 0.15) is 35.4 Å². The minimum atomic E-state index is -0.835. The molecular weight excluding hydrogens is 598 g/mol. The molecule has 0 saturated carbocycles. The van der Waals surface area contributed by atoms with Crippen LogP contribution >= 0.6 is 11.3 Å². The Labute approximate surface area is 260 Å². The van der Waals surface area contributed by atoms with Gasteiger partial charge in [0.15, 0.2) is 0 Å². The third kappa shape index (κ3) is 5.01. The molecule has 0 bridgehead atoms. The third-order valence-corrected chi connectivity index (χ3v) is 8.84. The maximum Gasteiger partial charge on any atom is 0.246 e. The van der Waals surface area contributed by atoms with E-state index in [9.17, 15) is 14.3 Å². The van der Waals surface area contributed by atoms with Crippen LogP contribution in [0.25, 0.3) is 54.6 Å². The van der Waals surface area contributed by atoms with Gasteiger partial charge in [-0.25, -0.2) is 13.8 Å². The summed E-state index contributed by atoms with van der Waals surface area (Å²) in [5, 5.41) is 26.8. The van der Waals surface area contributed by atoms with Crippen LogP contribution in [0, 0.1) is 11.6 Å². The van der Waals surface area contributed by atoms with E-state index in [0.29, 0.717) is 40.4 Å². The van der Waals surface area contributed by atoms with Gasteiger partial charge in [0.05, 0.1) is 49.0 Å². The Morgan fingerprint density at radius 1 is 1.11 bits per heavy atom. The molecule has 4 aromatic heterocycles. The van der Waals surface area contributed by atoms with E-state index in [0.717, 1.165) is 39.5 Å². The number of aromatic nitrogens is 5. The number of hydrogen-bond acceptors (Lipinski definition) is 8. The SMILES string of the molecule is C=CC(=O)N1Cc2cc(-c3nc(-c4ccc5cnncc5c4)c4ccsc4c3-c3c(F)cc(F)cc3OCCO)nn2CC1C. The molecule has 5 heterocycles. The average Bonchev–Trinajstić information content (AvgIpc) is 3.69. The van der Waals surface area contributed by atoms with Crippen LogP contribution in [0.5, 0.6) is 5.75 Å². The van der Waals surface area contributed by atoms with Crippen molar-refractivity contribution in [2.45, 2.75) is 26.1 Å². The minimum Gasteiger partial charge on any atom is -0.490 e. The normalized spacial score (nSPS) is 14.6. The standard InChI is InChI=1S/C33H26F2N6O3S/c1-3-28(43)40-17-23-13-26(39-41(23)16-18(40)2)32-30(29-25(35)11-22(34)12-27(29)44-8-7-42)33-24(6-9-45-33)31(38-32)19-4-5-20-14-36-37-15-21(20)10-19/h3-6,9-15,18,42H,1,7-8,16-17H2,2H3. The molecule has 1 unspecified atom stereocenters. The molecule has 0 aliphatic carbocycles. The molecule has 9 nitrogen and oxygen atoms in total. The molecule has 0 fully saturated rings. The molecule has 0 radical (unpaired) electrons. The molecule has 226 valence electrons. The lowest BCUT2D eigenvalue weighted by Crippen LogP contribution is -2.44. The molecule has 7 rings (SSSR count). The van der Waals surface area contributed by atoms with Gasteiger partial charge in [0.25, 0.3) is 0 Å². The first kappa shape index (κ1) is 28.7. The van der Waals surface area contributed by atoms with Crippen LogP contribution in [0.2, 0.25) is 0 Å². The fourth-order valence-electron chi connectivity index (χ4n) is 5.81. The zero-order valence-electron chi connectivity index (χ0n) is 24.1. The molecule has 1 aliphatic heterocycles. The number of carbonyl (C=O) groups excluding carboxylic acids is 1. The highest BCUT2D eigenvalue weighted by Crippen LogP contribution is 2.47. The highest BCUT2D eigenvalue weighted by molar-refractivity contribution is 7.18. The number of carbonyl (C=O) groups is 1. The fraction of sp³-hybridized carbons (Fsp3) is 0.182. The van der Waals surface area contributed by atoms with Crippen molar-refractivity contribution < 1.29 is 23.4 Å². The molecule has 1 N–H and O–H groups in total. The van der Waals surface area contributed by atoms with Crippen molar-refractivity contribution in [2.24, 2.45) is 0 Å². The molecule has 2 aromatic carbocycles. The van der Waals surface area contributed by atoms with Gasteiger partial charge in [-0.05, 0) is 36.6 Å². The van der Waals surface area contributed by atoms with Crippen LogP contribution in [-0.4, -0.2) is 60.1 Å². The molecule has 6 aromatic rings. The van der Waals surface area contributed by atoms with Crippen LogP contribution in [-0.2, 0) is 17.9 Å². The average molecular weight is 625 g/mol. The summed E-state index contributed by atoms with van der Waals surface area (Å²) < 4.78 is 38.6. The van der Waals surface area contributed by atoms with Gasteiger partial charge in [0.2, 0.25) is 5.91 Å². The highest BCUT2D eigenvalue weighted by atomic mass is 32.1. The summed E-state index contributed by atoms with van der Waals surface area (Å²) in [7, 11) is 0. The number of aliphatic hydroxyl groups is 1. The Hall–Kier alpha value is -5.07. The van der Waals surface area contributed by atoms with Crippen LogP contribution in [0.15, 0.2) is 72.9 Å². The quantitative estimate of drug-likeness (QED) is 0.217. The van der Waals surface area contributed by atoms with Gasteiger partial charge in [-0.3, -0.25) is 9.48 Å². The molecule has 1 amide bonds. The number of benzene rings is 2. The largest absolute Gasteiger partial charge is 0.490 e. The van der Waals surface area contributed by atoms with Crippen molar-refractivity contribution in [2.75, 3.05) is 13.2 Å². The van der Waals surface area contributed by atoms with Crippen LogP contribution in [0.4, 0.5) is 8.78 Å². The number of amides is 1. The molecule has 1 aliphatic rings. The summed E-state index contributed by atoms with van der Waals surface area (Å²) in [5.41, 5.74) is 3.46. The lowest BCUT2D eigenvalue weighted by atomic mass is 9.96. The number of halogens is 2. The Balaban J connectivity index is 1.51. The number of fused-ring (bicyclic) bond motifs is 3. The van der Waals surface area contributed by atoms with Gasteiger partial charge in [0, 0.05) is 50.2 Å². The lowest BCUT2D eigenvalue weighted by Gasteiger charge is -2.33. The van der Waals surface area contributed by atoms with E-state index in [1.807, 2.05) is 47.3 Å². The van der Waals surface area contributed by atoms with Gasteiger partial charge >= 0.3 is 0 Å². The van der Waals surface area contributed by atoms with Gasteiger partial charge < -0.3 is 14.7 Å². The maximum absolute atomic E-state index is 15.9. The van der Waals surface area contributed by atoms with Crippen molar-refractivity contribution in [1.82, 2.24) is 29.9 Å². The molecule has 45 heavy (non-hydrogen) atoms. The van der Waals surface area contributed by atoms with Crippen LogP contribution in [0.1, 0.15) is 12.6 Å². The van der Waals surface area contributed by atoms with E-state index >= 15 is 4.39 Å². The third-order valence-electron chi connectivity index (χ3n) is 7.91. The number of pyridine rings is 1. The lowest BCUT2D eigenvalue weighted by molar-refractivity contribution is -0.129. The maximum atomic E-state index is 15.9. The van der Waals surface area contributed by atoms with Crippen LogP contribution in [0.3, 0.4) is 0 Å². The van der Waals surface area contributed by atoms with Crippen molar-refractivity contribution in [3.8, 4) is 39.5 Å². The smallest absolute Gasteiger partial charge is 0.246 e. The van der Waals surface area contributed by atoms with Gasteiger partial charge in [-0.15, -0.1) is 11.3 Å². The summed E-state index contributed by atoms with van der Waals surface area (Å²) in [6.45, 7) is 5.82. The number of aliphatic hydroxyl groups excluding tert-OH is 1. The minimum absolute atomic E-state index is 0.0166. The molecule has 0 saturated heterocycles. The summed E-state index contributed by atoms with van der Waals surface area (Å²) in [4.78, 5) is 19.4.